The summed E-state index contributed by atoms with van der Waals surface area (Å²) in [7, 11) is 0. The Hall–Kier alpha value is -1.57. The molecule has 0 fully saturated rings. The van der Waals surface area contributed by atoms with Gasteiger partial charge in [0.2, 0.25) is 0 Å². The molecule has 0 bridgehead atoms. The van der Waals surface area contributed by atoms with Crippen molar-refractivity contribution in [3.05, 3.63) is 35.0 Å². The fourth-order valence-corrected chi connectivity index (χ4v) is 2.25. The number of aryl methyl sites for hydroxylation is 1. The van der Waals surface area contributed by atoms with Crippen molar-refractivity contribution >= 4 is 16.7 Å². The van der Waals surface area contributed by atoms with Gasteiger partial charge in [0, 0.05) is 22.2 Å². The molecule has 0 unspecified atom stereocenters. The zero-order valence-electron chi connectivity index (χ0n) is 11.1. The molecule has 0 spiro atoms. The van der Waals surface area contributed by atoms with E-state index in [9.17, 15) is 4.79 Å². The van der Waals surface area contributed by atoms with Gasteiger partial charge in [-0.25, -0.2) is 0 Å². The summed E-state index contributed by atoms with van der Waals surface area (Å²) < 4.78 is 0. The molecule has 1 heterocycles. The first kappa shape index (κ1) is 11.9. The second-order valence-electron chi connectivity index (χ2n) is 5.69. The number of benzene rings is 1. The van der Waals surface area contributed by atoms with Crippen LogP contribution in [0.2, 0.25) is 0 Å². The number of H-pyrrole nitrogens is 1. The SMILES string of the molecule is CC(=O)c1c(C)[nH]c2ccc(C(C)(C)C)cc12. The molecule has 0 saturated carbocycles. The zero-order valence-corrected chi connectivity index (χ0v) is 11.1. The Balaban J connectivity index is 2.75. The summed E-state index contributed by atoms with van der Waals surface area (Å²) in [6.45, 7) is 10.1. The third kappa shape index (κ3) is 1.99. The molecule has 1 N–H and O–H groups in total. The lowest BCUT2D eigenvalue weighted by atomic mass is 9.86. The Morgan fingerprint density at radius 1 is 1.24 bits per heavy atom. The average Bonchev–Trinajstić information content (AvgIpc) is 2.50. The van der Waals surface area contributed by atoms with Crippen molar-refractivity contribution in [3.8, 4) is 0 Å². The standard InChI is InChI=1S/C15H19NO/c1-9-14(10(2)17)12-8-11(15(3,4)5)6-7-13(12)16-9/h6-8,16H,1-5H3. The van der Waals surface area contributed by atoms with E-state index in [1.807, 2.05) is 6.92 Å². The van der Waals surface area contributed by atoms with Crippen LogP contribution in [0.3, 0.4) is 0 Å². The predicted octanol–water partition coefficient (Wildman–Crippen LogP) is 3.98. The van der Waals surface area contributed by atoms with Crippen molar-refractivity contribution in [2.75, 3.05) is 0 Å². The Morgan fingerprint density at radius 2 is 1.88 bits per heavy atom. The number of fused-ring (bicyclic) bond motifs is 1. The quantitative estimate of drug-likeness (QED) is 0.737. The van der Waals surface area contributed by atoms with Crippen LogP contribution in [0.25, 0.3) is 10.9 Å². The summed E-state index contributed by atoms with van der Waals surface area (Å²) in [6, 6.07) is 6.33. The normalized spacial score (nSPS) is 12.1. The minimum absolute atomic E-state index is 0.105. The minimum atomic E-state index is 0.105. The van der Waals surface area contributed by atoms with E-state index in [0.29, 0.717) is 0 Å². The van der Waals surface area contributed by atoms with E-state index >= 15 is 0 Å². The van der Waals surface area contributed by atoms with E-state index in [2.05, 4.69) is 44.0 Å². The first-order valence-electron chi connectivity index (χ1n) is 5.94. The van der Waals surface area contributed by atoms with Crippen LogP contribution in [0.1, 0.15) is 49.3 Å². The lowest BCUT2D eigenvalue weighted by Crippen LogP contribution is -2.10. The first-order chi connectivity index (χ1) is 7.80. The molecule has 17 heavy (non-hydrogen) atoms. The summed E-state index contributed by atoms with van der Waals surface area (Å²) in [5.41, 5.74) is 4.19. The number of aromatic amines is 1. The van der Waals surface area contributed by atoms with Crippen molar-refractivity contribution in [2.24, 2.45) is 0 Å². The first-order valence-corrected chi connectivity index (χ1v) is 5.94. The van der Waals surface area contributed by atoms with E-state index in [-0.39, 0.29) is 11.2 Å². The van der Waals surface area contributed by atoms with Crippen LogP contribution >= 0.6 is 0 Å². The molecule has 90 valence electrons. The molecule has 2 aromatic rings. The van der Waals surface area contributed by atoms with Gasteiger partial charge in [0.25, 0.3) is 0 Å². The molecular weight excluding hydrogens is 210 g/mol. The number of carbonyl (C=O) groups excluding carboxylic acids is 1. The summed E-state index contributed by atoms with van der Waals surface area (Å²) in [4.78, 5) is 14.9. The fraction of sp³-hybridized carbons (Fsp3) is 0.400. The highest BCUT2D eigenvalue weighted by Crippen LogP contribution is 2.29. The Morgan fingerprint density at radius 3 is 2.41 bits per heavy atom. The minimum Gasteiger partial charge on any atom is -0.358 e. The highest BCUT2D eigenvalue weighted by Gasteiger charge is 2.17. The van der Waals surface area contributed by atoms with Gasteiger partial charge in [-0.05, 0) is 37.0 Å². The van der Waals surface area contributed by atoms with Crippen LogP contribution in [0.5, 0.6) is 0 Å². The maximum Gasteiger partial charge on any atom is 0.162 e. The largest absolute Gasteiger partial charge is 0.358 e. The molecular formula is C15H19NO. The van der Waals surface area contributed by atoms with Gasteiger partial charge in [-0.1, -0.05) is 26.8 Å². The van der Waals surface area contributed by atoms with Gasteiger partial charge in [0.1, 0.15) is 0 Å². The molecule has 0 aliphatic heterocycles. The van der Waals surface area contributed by atoms with Crippen LogP contribution in [0, 0.1) is 6.92 Å². The lowest BCUT2D eigenvalue weighted by Gasteiger charge is -2.19. The van der Waals surface area contributed by atoms with Crippen molar-refractivity contribution in [1.29, 1.82) is 0 Å². The highest BCUT2D eigenvalue weighted by molar-refractivity contribution is 6.08. The topological polar surface area (TPSA) is 32.9 Å². The zero-order chi connectivity index (χ0) is 12.8. The Kier molecular flexibility index (Phi) is 2.61. The van der Waals surface area contributed by atoms with Gasteiger partial charge < -0.3 is 4.98 Å². The number of nitrogens with one attached hydrogen (secondary N) is 1. The van der Waals surface area contributed by atoms with Gasteiger partial charge in [0.05, 0.1) is 0 Å². The molecule has 0 aliphatic carbocycles. The van der Waals surface area contributed by atoms with Crippen LogP contribution in [-0.2, 0) is 5.41 Å². The second kappa shape index (κ2) is 3.73. The van der Waals surface area contributed by atoms with E-state index < -0.39 is 0 Å². The highest BCUT2D eigenvalue weighted by atomic mass is 16.1. The van der Waals surface area contributed by atoms with Crippen LogP contribution < -0.4 is 0 Å². The average molecular weight is 229 g/mol. The van der Waals surface area contributed by atoms with Crippen LogP contribution in [0.4, 0.5) is 0 Å². The molecule has 0 amide bonds. The molecule has 0 aliphatic rings. The summed E-state index contributed by atoms with van der Waals surface area (Å²) in [6.07, 6.45) is 0. The van der Waals surface area contributed by atoms with E-state index in [4.69, 9.17) is 0 Å². The number of hydrogen-bond donors (Lipinski definition) is 1. The number of Topliss-reactive ketones (excluding diaryl/α,β-unsaturated/α-hetero) is 1. The maximum atomic E-state index is 11.7. The van der Waals surface area contributed by atoms with Gasteiger partial charge in [-0.2, -0.15) is 0 Å². The number of hydrogen-bond acceptors (Lipinski definition) is 1. The second-order valence-corrected chi connectivity index (χ2v) is 5.69. The van der Waals surface area contributed by atoms with Gasteiger partial charge in [-0.3, -0.25) is 4.79 Å². The summed E-state index contributed by atoms with van der Waals surface area (Å²) in [5, 5.41) is 1.04. The van der Waals surface area contributed by atoms with E-state index in [1.54, 1.807) is 6.92 Å². The van der Waals surface area contributed by atoms with Crippen LogP contribution in [0.15, 0.2) is 18.2 Å². The molecule has 2 rings (SSSR count). The molecule has 0 saturated heterocycles. The Bertz CT molecular complexity index is 585. The predicted molar refractivity (Wildman–Crippen MR) is 71.7 cm³/mol. The van der Waals surface area contributed by atoms with Crippen LogP contribution in [-0.4, -0.2) is 10.8 Å². The maximum absolute atomic E-state index is 11.7. The van der Waals surface area contributed by atoms with E-state index in [1.165, 1.54) is 5.56 Å². The van der Waals surface area contributed by atoms with Crippen molar-refractivity contribution in [2.45, 2.75) is 40.0 Å². The number of carbonyl (C=O) groups is 1. The molecule has 1 aromatic carbocycles. The Labute approximate surface area is 102 Å². The molecule has 0 radical (unpaired) electrons. The summed E-state index contributed by atoms with van der Waals surface area (Å²) >= 11 is 0. The molecule has 2 nitrogen and oxygen atoms in total. The van der Waals surface area contributed by atoms with Crippen molar-refractivity contribution < 1.29 is 4.79 Å². The molecule has 0 atom stereocenters. The molecule has 1 aromatic heterocycles. The summed E-state index contributed by atoms with van der Waals surface area (Å²) in [5.74, 6) is 0.125. The van der Waals surface area contributed by atoms with Crippen molar-refractivity contribution in [1.82, 2.24) is 4.98 Å². The van der Waals surface area contributed by atoms with Gasteiger partial charge in [-0.15, -0.1) is 0 Å². The number of aromatic nitrogens is 1. The smallest absolute Gasteiger partial charge is 0.162 e. The lowest BCUT2D eigenvalue weighted by molar-refractivity contribution is 0.101. The third-order valence-electron chi connectivity index (χ3n) is 3.20. The van der Waals surface area contributed by atoms with E-state index in [0.717, 1.165) is 22.2 Å². The fourth-order valence-electron chi connectivity index (χ4n) is 2.25. The van der Waals surface area contributed by atoms with Gasteiger partial charge in [0.15, 0.2) is 5.78 Å². The van der Waals surface area contributed by atoms with Crippen molar-refractivity contribution in [3.63, 3.8) is 0 Å². The number of ketones is 1. The third-order valence-corrected chi connectivity index (χ3v) is 3.20. The number of rotatable bonds is 1. The monoisotopic (exact) mass is 229 g/mol. The molecule has 2 heteroatoms. The van der Waals surface area contributed by atoms with Gasteiger partial charge >= 0.3 is 0 Å².